The van der Waals surface area contributed by atoms with Crippen LogP contribution in [-0.2, 0) is 23.1 Å². The van der Waals surface area contributed by atoms with Crippen molar-refractivity contribution in [3.8, 4) is 0 Å². The maximum absolute atomic E-state index is 12.5. The van der Waals surface area contributed by atoms with Crippen molar-refractivity contribution >= 4 is 27.2 Å². The second-order valence-electron chi connectivity index (χ2n) is 4.35. The summed E-state index contributed by atoms with van der Waals surface area (Å²) in [5, 5.41) is 6.72. The van der Waals surface area contributed by atoms with Crippen LogP contribution in [0.25, 0.3) is 0 Å². The highest BCUT2D eigenvalue weighted by Gasteiger charge is 2.26. The van der Waals surface area contributed by atoms with Gasteiger partial charge in [0.2, 0.25) is 10.0 Å². The van der Waals surface area contributed by atoms with E-state index >= 15 is 0 Å². The Balaban J connectivity index is 2.26. The summed E-state index contributed by atoms with van der Waals surface area (Å²) in [5.41, 5.74) is 6.41. The van der Waals surface area contributed by atoms with Gasteiger partial charge in [0.1, 0.15) is 4.90 Å². The molecule has 2 aromatic rings. The number of rotatable bonds is 5. The zero-order valence-electron chi connectivity index (χ0n) is 11.6. The van der Waals surface area contributed by atoms with E-state index in [0.717, 1.165) is 10.7 Å². The van der Waals surface area contributed by atoms with E-state index in [2.05, 4.69) is 10.1 Å². The molecule has 0 saturated carbocycles. The van der Waals surface area contributed by atoms with E-state index in [9.17, 15) is 8.42 Å². The smallest absolute Gasteiger partial charge is 0.248 e. The molecule has 2 rings (SSSR count). The second kappa shape index (κ2) is 5.51. The van der Waals surface area contributed by atoms with Gasteiger partial charge in [-0.25, -0.2) is 13.4 Å². The fourth-order valence-electron chi connectivity index (χ4n) is 1.74. The number of nitrogens with two attached hydrogens (primary N) is 1. The summed E-state index contributed by atoms with van der Waals surface area (Å²) in [5.74, 6) is 0.0214. The molecule has 0 radical (unpaired) electrons. The molecular weight excluding hydrogens is 298 g/mol. The molecule has 0 unspecified atom stereocenters. The van der Waals surface area contributed by atoms with Gasteiger partial charge in [0.05, 0.1) is 17.2 Å². The van der Waals surface area contributed by atoms with E-state index in [1.165, 1.54) is 33.6 Å². The predicted octanol–water partition coefficient (Wildman–Crippen LogP) is 1.07. The second-order valence-corrected chi connectivity index (χ2v) is 7.43. The third-order valence-electron chi connectivity index (χ3n) is 2.82. The Hall–Kier alpha value is -1.45. The van der Waals surface area contributed by atoms with Gasteiger partial charge in [-0.05, 0) is 13.8 Å². The zero-order valence-corrected chi connectivity index (χ0v) is 13.2. The average Bonchev–Trinajstić information content (AvgIpc) is 2.95. The third kappa shape index (κ3) is 2.84. The van der Waals surface area contributed by atoms with Crippen LogP contribution in [0.1, 0.15) is 17.6 Å². The highest BCUT2D eigenvalue weighted by molar-refractivity contribution is 7.89. The number of aryl methyl sites for hydroxylation is 2. The van der Waals surface area contributed by atoms with Crippen LogP contribution in [-0.4, -0.2) is 34.5 Å². The first-order valence-corrected chi connectivity index (χ1v) is 8.36. The third-order valence-corrected chi connectivity index (χ3v) is 5.46. The summed E-state index contributed by atoms with van der Waals surface area (Å²) < 4.78 is 27.7. The van der Waals surface area contributed by atoms with Gasteiger partial charge in [0.25, 0.3) is 0 Å². The Kier molecular flexibility index (Phi) is 4.11. The van der Waals surface area contributed by atoms with E-state index in [-0.39, 0.29) is 17.3 Å². The Morgan fingerprint density at radius 1 is 1.50 bits per heavy atom. The van der Waals surface area contributed by atoms with Crippen LogP contribution in [0.3, 0.4) is 0 Å². The van der Waals surface area contributed by atoms with Crippen molar-refractivity contribution < 1.29 is 8.42 Å². The molecule has 0 aliphatic rings. The molecule has 0 aliphatic heterocycles. The molecule has 0 fully saturated rings. The average molecular weight is 315 g/mol. The van der Waals surface area contributed by atoms with Crippen LogP contribution in [0.15, 0.2) is 16.5 Å². The number of anilines is 1. The molecular formula is C11H17N5O2S2. The summed E-state index contributed by atoms with van der Waals surface area (Å²) in [7, 11) is -2.15. The van der Waals surface area contributed by atoms with Crippen LogP contribution in [0.2, 0.25) is 0 Å². The number of hydrogen-bond donors (Lipinski definition) is 1. The van der Waals surface area contributed by atoms with Gasteiger partial charge in [-0.3, -0.25) is 4.68 Å². The van der Waals surface area contributed by atoms with Gasteiger partial charge in [0, 0.05) is 25.2 Å². The lowest BCUT2D eigenvalue weighted by Crippen LogP contribution is -2.27. The molecule has 9 heteroatoms. The Morgan fingerprint density at radius 3 is 2.70 bits per heavy atom. The van der Waals surface area contributed by atoms with Crippen molar-refractivity contribution in [3.05, 3.63) is 22.3 Å². The number of sulfonamides is 1. The van der Waals surface area contributed by atoms with Gasteiger partial charge >= 0.3 is 0 Å². The van der Waals surface area contributed by atoms with E-state index in [1.807, 2.05) is 19.2 Å². The highest BCUT2D eigenvalue weighted by atomic mass is 32.2. The summed E-state index contributed by atoms with van der Waals surface area (Å²) >= 11 is 1.49. The van der Waals surface area contributed by atoms with Crippen molar-refractivity contribution in [2.24, 2.45) is 0 Å². The number of hydrogen-bond acceptors (Lipinski definition) is 6. The van der Waals surface area contributed by atoms with Gasteiger partial charge in [-0.15, -0.1) is 11.3 Å². The van der Waals surface area contributed by atoms with E-state index in [0.29, 0.717) is 6.54 Å². The molecule has 110 valence electrons. The maximum atomic E-state index is 12.5. The first-order chi connectivity index (χ1) is 9.34. The molecule has 20 heavy (non-hydrogen) atoms. The van der Waals surface area contributed by atoms with E-state index in [1.54, 1.807) is 0 Å². The first-order valence-electron chi connectivity index (χ1n) is 6.05. The fraction of sp³-hybridized carbons (Fsp3) is 0.455. The molecule has 7 nitrogen and oxygen atoms in total. The van der Waals surface area contributed by atoms with Crippen molar-refractivity contribution in [2.75, 3.05) is 12.8 Å². The maximum Gasteiger partial charge on any atom is 0.248 e. The molecule has 0 aliphatic carbocycles. The summed E-state index contributed by atoms with van der Waals surface area (Å²) in [4.78, 5) is 4.30. The van der Waals surface area contributed by atoms with Gasteiger partial charge in [-0.2, -0.15) is 9.40 Å². The molecule has 0 bridgehead atoms. The van der Waals surface area contributed by atoms with Crippen molar-refractivity contribution in [1.29, 1.82) is 0 Å². The monoisotopic (exact) mass is 315 g/mol. The molecule has 2 N–H and O–H groups in total. The summed E-state index contributed by atoms with van der Waals surface area (Å²) in [6.45, 7) is 4.52. The Labute approximate surface area is 122 Å². The largest absolute Gasteiger partial charge is 0.381 e. The van der Waals surface area contributed by atoms with E-state index < -0.39 is 10.0 Å². The van der Waals surface area contributed by atoms with E-state index in [4.69, 9.17) is 5.73 Å². The number of nitrogens with zero attached hydrogens (tertiary/aromatic N) is 4. The van der Waals surface area contributed by atoms with Crippen LogP contribution in [0.5, 0.6) is 0 Å². The van der Waals surface area contributed by atoms with Crippen molar-refractivity contribution in [1.82, 2.24) is 19.1 Å². The fourth-order valence-corrected chi connectivity index (χ4v) is 3.54. The molecule has 0 aromatic carbocycles. The van der Waals surface area contributed by atoms with Crippen molar-refractivity contribution in [2.45, 2.75) is 31.8 Å². The molecule has 0 atom stereocenters. The number of nitrogen functional groups attached to an aromatic ring is 1. The zero-order chi connectivity index (χ0) is 14.9. The van der Waals surface area contributed by atoms with Crippen LogP contribution in [0, 0.1) is 6.92 Å². The highest BCUT2D eigenvalue weighted by Crippen LogP contribution is 2.22. The minimum atomic E-state index is -3.66. The lowest BCUT2D eigenvalue weighted by Gasteiger charge is -2.15. The van der Waals surface area contributed by atoms with Crippen LogP contribution in [0.4, 0.5) is 5.82 Å². The van der Waals surface area contributed by atoms with Crippen molar-refractivity contribution in [3.63, 3.8) is 0 Å². The Morgan fingerprint density at radius 2 is 2.20 bits per heavy atom. The minimum absolute atomic E-state index is 0.0214. The van der Waals surface area contributed by atoms with Gasteiger partial charge in [0.15, 0.2) is 5.82 Å². The molecule has 2 heterocycles. The Bertz CT molecular complexity index is 704. The number of aromatic nitrogens is 3. The summed E-state index contributed by atoms with van der Waals surface area (Å²) in [6.07, 6.45) is 1.45. The lowest BCUT2D eigenvalue weighted by atomic mass is 10.5. The number of thiazole rings is 1. The van der Waals surface area contributed by atoms with Crippen LogP contribution >= 0.6 is 11.3 Å². The molecule has 0 saturated heterocycles. The van der Waals surface area contributed by atoms with Gasteiger partial charge in [-0.1, -0.05) is 0 Å². The minimum Gasteiger partial charge on any atom is -0.381 e. The molecule has 0 spiro atoms. The molecule has 2 aromatic heterocycles. The lowest BCUT2D eigenvalue weighted by molar-refractivity contribution is 0.463. The predicted molar refractivity (Wildman–Crippen MR) is 77.8 cm³/mol. The topological polar surface area (TPSA) is 94.1 Å². The molecule has 0 amide bonds. The standard InChI is InChI=1S/C11H17N5O2S2/c1-4-16-6-10(11(12)14-16)20(17,18)15(3)5-9-7-19-8(2)13-9/h6-7H,4-5H2,1-3H3,(H2,12,14). The quantitative estimate of drug-likeness (QED) is 0.890. The normalized spacial score (nSPS) is 12.2. The van der Waals surface area contributed by atoms with Gasteiger partial charge < -0.3 is 5.73 Å². The SMILES string of the molecule is CCn1cc(S(=O)(=O)N(C)Cc2csc(C)n2)c(N)n1. The first kappa shape index (κ1) is 14.9. The summed E-state index contributed by atoms with van der Waals surface area (Å²) in [6, 6.07) is 0. The van der Waals surface area contributed by atoms with Crippen LogP contribution < -0.4 is 5.73 Å².